The first-order valence-corrected chi connectivity index (χ1v) is 9.51. The topological polar surface area (TPSA) is 111 Å². The number of hydrogen-bond donors (Lipinski definition) is 2. The van der Waals surface area contributed by atoms with Crippen molar-refractivity contribution in [3.05, 3.63) is 62.2 Å². The van der Waals surface area contributed by atoms with E-state index in [9.17, 15) is 19.5 Å². The Hall–Kier alpha value is -3.30. The standard InChI is InChI=1S/C20H19N3O5S/c1-23-18-13(4-3-9-21-18)17(25)16(20(23)27)14(24)7-5-12-6-8-15(29-12)19(26)22-10-11-28-2/h3-9,25H,10-11H2,1-2H3,(H,22,26)/b7-5+. The number of fused-ring (bicyclic) bond motifs is 1. The molecule has 0 fully saturated rings. The van der Waals surface area contributed by atoms with Crippen molar-refractivity contribution in [1.29, 1.82) is 0 Å². The van der Waals surface area contributed by atoms with Gasteiger partial charge in [-0.2, -0.15) is 0 Å². The zero-order chi connectivity index (χ0) is 21.0. The fraction of sp³-hybridized carbons (Fsp3) is 0.200. The number of hydrogen-bond acceptors (Lipinski definition) is 7. The van der Waals surface area contributed by atoms with E-state index in [1.807, 2.05) is 0 Å². The molecule has 2 N–H and O–H groups in total. The molecule has 0 aliphatic carbocycles. The summed E-state index contributed by atoms with van der Waals surface area (Å²) in [6.45, 7) is 0.814. The van der Waals surface area contributed by atoms with Crippen LogP contribution in [0.1, 0.15) is 24.9 Å². The third-order valence-corrected chi connectivity index (χ3v) is 5.25. The number of thiophene rings is 1. The van der Waals surface area contributed by atoms with Gasteiger partial charge in [0.2, 0.25) is 0 Å². The highest BCUT2D eigenvalue weighted by atomic mass is 32.1. The monoisotopic (exact) mass is 413 g/mol. The Balaban J connectivity index is 1.84. The summed E-state index contributed by atoms with van der Waals surface area (Å²) in [7, 11) is 3.04. The number of nitrogens with one attached hydrogen (secondary N) is 1. The Labute approximate surface area is 170 Å². The zero-order valence-corrected chi connectivity index (χ0v) is 16.7. The summed E-state index contributed by atoms with van der Waals surface area (Å²) in [6, 6.07) is 6.55. The Morgan fingerprint density at radius 2 is 2.14 bits per heavy atom. The smallest absolute Gasteiger partial charge is 0.266 e. The van der Waals surface area contributed by atoms with E-state index in [1.165, 1.54) is 41.3 Å². The summed E-state index contributed by atoms with van der Waals surface area (Å²) in [5.74, 6) is -1.25. The largest absolute Gasteiger partial charge is 0.506 e. The van der Waals surface area contributed by atoms with E-state index in [0.29, 0.717) is 28.3 Å². The van der Waals surface area contributed by atoms with Gasteiger partial charge in [-0.3, -0.25) is 19.0 Å². The van der Waals surface area contributed by atoms with E-state index in [0.717, 1.165) is 0 Å². The summed E-state index contributed by atoms with van der Waals surface area (Å²) in [4.78, 5) is 42.4. The predicted molar refractivity (Wildman–Crippen MR) is 111 cm³/mol. The molecule has 3 heterocycles. The van der Waals surface area contributed by atoms with Crippen LogP contribution in [0.3, 0.4) is 0 Å². The quantitative estimate of drug-likeness (QED) is 0.348. The molecule has 29 heavy (non-hydrogen) atoms. The summed E-state index contributed by atoms with van der Waals surface area (Å²) in [6.07, 6.45) is 4.21. The summed E-state index contributed by atoms with van der Waals surface area (Å²) in [5.41, 5.74) is -0.663. The van der Waals surface area contributed by atoms with Crippen LogP contribution in [0, 0.1) is 0 Å². The van der Waals surface area contributed by atoms with Crippen LogP contribution in [0.2, 0.25) is 0 Å². The molecule has 0 radical (unpaired) electrons. The number of carbonyl (C=O) groups excluding carboxylic acids is 2. The van der Waals surface area contributed by atoms with Crippen molar-refractivity contribution in [2.24, 2.45) is 7.05 Å². The molecule has 0 spiro atoms. The Bertz CT molecular complexity index is 1160. The Morgan fingerprint density at radius 3 is 2.90 bits per heavy atom. The second kappa shape index (κ2) is 8.80. The van der Waals surface area contributed by atoms with Crippen LogP contribution in [-0.4, -0.2) is 46.6 Å². The third kappa shape index (κ3) is 4.25. The van der Waals surface area contributed by atoms with Crippen LogP contribution in [0.25, 0.3) is 17.1 Å². The van der Waals surface area contributed by atoms with Gasteiger partial charge < -0.3 is 15.2 Å². The van der Waals surface area contributed by atoms with Crippen molar-refractivity contribution in [2.45, 2.75) is 0 Å². The molecule has 9 heteroatoms. The first-order valence-electron chi connectivity index (χ1n) is 8.70. The number of ketones is 1. The number of amides is 1. The number of aromatic nitrogens is 2. The molecule has 3 aromatic rings. The minimum absolute atomic E-state index is 0.230. The SMILES string of the molecule is COCCNC(=O)c1ccc(/C=C/C(=O)c2c(O)c3cccnc3n(C)c2=O)s1. The fourth-order valence-electron chi connectivity index (χ4n) is 2.73. The summed E-state index contributed by atoms with van der Waals surface area (Å²) < 4.78 is 6.11. The van der Waals surface area contributed by atoms with E-state index in [1.54, 1.807) is 31.4 Å². The van der Waals surface area contributed by atoms with Gasteiger partial charge in [0.1, 0.15) is 17.0 Å². The molecule has 0 aromatic carbocycles. The maximum atomic E-state index is 12.6. The molecule has 1 amide bonds. The normalized spacial score (nSPS) is 11.2. The van der Waals surface area contributed by atoms with Crippen LogP contribution < -0.4 is 10.9 Å². The van der Waals surface area contributed by atoms with Gasteiger partial charge >= 0.3 is 0 Å². The highest BCUT2D eigenvalue weighted by molar-refractivity contribution is 7.14. The predicted octanol–water partition coefficient (Wildman–Crippen LogP) is 1.97. The molecule has 0 unspecified atom stereocenters. The number of pyridine rings is 2. The van der Waals surface area contributed by atoms with Crippen LogP contribution in [0.5, 0.6) is 5.75 Å². The molecule has 0 aliphatic rings. The van der Waals surface area contributed by atoms with Crippen LogP contribution in [0.15, 0.2) is 41.3 Å². The first-order chi connectivity index (χ1) is 13.9. The van der Waals surface area contributed by atoms with Crippen molar-refractivity contribution >= 4 is 40.1 Å². The first kappa shape index (κ1) is 20.4. The molecule has 8 nitrogen and oxygen atoms in total. The van der Waals surface area contributed by atoms with Crippen molar-refractivity contribution in [3.63, 3.8) is 0 Å². The van der Waals surface area contributed by atoms with Crippen LogP contribution >= 0.6 is 11.3 Å². The van der Waals surface area contributed by atoms with Crippen molar-refractivity contribution in [2.75, 3.05) is 20.3 Å². The highest BCUT2D eigenvalue weighted by Crippen LogP contribution is 2.25. The van der Waals surface area contributed by atoms with Gasteiger partial charge in [-0.05, 0) is 36.4 Å². The number of aromatic hydroxyl groups is 1. The number of ether oxygens (including phenoxy) is 1. The lowest BCUT2D eigenvalue weighted by atomic mass is 10.1. The molecule has 0 aliphatic heterocycles. The lowest BCUT2D eigenvalue weighted by Crippen LogP contribution is -2.26. The molecule has 0 saturated heterocycles. The third-order valence-electron chi connectivity index (χ3n) is 4.20. The summed E-state index contributed by atoms with van der Waals surface area (Å²) >= 11 is 1.20. The van der Waals surface area contributed by atoms with Gasteiger partial charge in [0.15, 0.2) is 5.78 Å². The number of carbonyl (C=O) groups is 2. The molecular weight excluding hydrogens is 394 g/mol. The van der Waals surface area contributed by atoms with Gasteiger partial charge in [-0.25, -0.2) is 4.98 Å². The van der Waals surface area contributed by atoms with Crippen molar-refractivity contribution < 1.29 is 19.4 Å². The molecule has 3 aromatic heterocycles. The van der Waals surface area contributed by atoms with Gasteiger partial charge in [-0.1, -0.05) is 0 Å². The van der Waals surface area contributed by atoms with E-state index in [2.05, 4.69) is 10.3 Å². The molecule has 0 atom stereocenters. The number of nitrogens with zero attached hydrogens (tertiary/aromatic N) is 2. The molecule has 0 bridgehead atoms. The van der Waals surface area contributed by atoms with E-state index in [4.69, 9.17) is 4.74 Å². The second-order valence-corrected chi connectivity index (χ2v) is 7.23. The lowest BCUT2D eigenvalue weighted by molar-refractivity contribution is 0.0940. The number of allylic oxidation sites excluding steroid dienone is 1. The van der Waals surface area contributed by atoms with Crippen molar-refractivity contribution in [3.8, 4) is 5.75 Å². The van der Waals surface area contributed by atoms with Crippen LogP contribution in [0.4, 0.5) is 0 Å². The molecule has 0 saturated carbocycles. The number of rotatable bonds is 7. The average molecular weight is 413 g/mol. The van der Waals surface area contributed by atoms with Gasteiger partial charge in [0, 0.05) is 31.8 Å². The maximum absolute atomic E-state index is 12.6. The lowest BCUT2D eigenvalue weighted by Gasteiger charge is -2.08. The summed E-state index contributed by atoms with van der Waals surface area (Å²) in [5, 5.41) is 13.5. The number of aryl methyl sites for hydroxylation is 1. The Kier molecular flexibility index (Phi) is 6.20. The van der Waals surface area contributed by atoms with E-state index >= 15 is 0 Å². The van der Waals surface area contributed by atoms with E-state index < -0.39 is 17.1 Å². The highest BCUT2D eigenvalue weighted by Gasteiger charge is 2.19. The van der Waals surface area contributed by atoms with Gasteiger partial charge in [0.25, 0.3) is 11.5 Å². The molecule has 150 valence electrons. The molecular formula is C20H19N3O5S. The Morgan fingerprint density at radius 1 is 1.34 bits per heavy atom. The van der Waals surface area contributed by atoms with Gasteiger partial charge in [-0.15, -0.1) is 11.3 Å². The minimum Gasteiger partial charge on any atom is -0.506 e. The second-order valence-electron chi connectivity index (χ2n) is 6.11. The maximum Gasteiger partial charge on any atom is 0.266 e. The zero-order valence-electron chi connectivity index (χ0n) is 15.8. The molecule has 3 rings (SSSR count). The van der Waals surface area contributed by atoms with E-state index in [-0.39, 0.29) is 17.1 Å². The van der Waals surface area contributed by atoms with Crippen molar-refractivity contribution in [1.82, 2.24) is 14.9 Å². The average Bonchev–Trinajstić information content (AvgIpc) is 3.20. The minimum atomic E-state index is -0.632. The fourth-order valence-corrected chi connectivity index (χ4v) is 3.56. The van der Waals surface area contributed by atoms with Gasteiger partial charge in [0.05, 0.1) is 16.9 Å². The van der Waals surface area contributed by atoms with Crippen LogP contribution in [-0.2, 0) is 11.8 Å². The number of methoxy groups -OCH3 is 1.